The third-order valence-corrected chi connectivity index (χ3v) is 8.48. The Hall–Kier alpha value is -4.67. The molecular weight excluding hydrogens is 482 g/mol. The van der Waals surface area contributed by atoms with Gasteiger partial charge in [0, 0.05) is 27.7 Å². The van der Waals surface area contributed by atoms with Crippen LogP contribution in [-0.4, -0.2) is 9.97 Å². The van der Waals surface area contributed by atoms with Gasteiger partial charge in [0.2, 0.25) is 5.95 Å². The zero-order valence-corrected chi connectivity index (χ0v) is 21.2. The molecule has 0 saturated carbocycles. The van der Waals surface area contributed by atoms with Crippen molar-refractivity contribution in [2.24, 2.45) is 0 Å². The van der Waals surface area contributed by atoms with E-state index in [4.69, 9.17) is 9.97 Å². The lowest BCUT2D eigenvalue weighted by Crippen LogP contribution is -2.17. The number of hydrogen-bond acceptors (Lipinski definition) is 4. The Labute approximate surface area is 224 Å². The number of rotatable bonds is 2. The van der Waals surface area contributed by atoms with Gasteiger partial charge in [0.15, 0.2) is 0 Å². The van der Waals surface area contributed by atoms with Gasteiger partial charge in [-0.1, -0.05) is 96.7 Å². The van der Waals surface area contributed by atoms with E-state index in [1.165, 1.54) is 42.1 Å². The van der Waals surface area contributed by atoms with Gasteiger partial charge in [-0.3, -0.25) is 4.90 Å². The Morgan fingerprint density at radius 3 is 1.50 bits per heavy atom. The molecule has 0 radical (unpaired) electrons. The zero-order valence-electron chi connectivity index (χ0n) is 20.4. The molecule has 8 rings (SSSR count). The molecule has 3 nitrogen and oxygen atoms in total. The van der Waals surface area contributed by atoms with E-state index in [-0.39, 0.29) is 0 Å². The summed E-state index contributed by atoms with van der Waals surface area (Å²) in [6.45, 7) is 0. The topological polar surface area (TPSA) is 29.0 Å². The molecule has 0 saturated heterocycles. The number of fused-ring (bicyclic) bond motifs is 8. The van der Waals surface area contributed by atoms with Crippen molar-refractivity contribution in [3.8, 4) is 11.1 Å². The van der Waals surface area contributed by atoms with E-state index >= 15 is 0 Å². The van der Waals surface area contributed by atoms with Gasteiger partial charge in [-0.05, 0) is 68.2 Å². The Morgan fingerprint density at radius 1 is 0.447 bits per heavy atom. The van der Waals surface area contributed by atoms with Crippen molar-refractivity contribution in [3.63, 3.8) is 0 Å². The van der Waals surface area contributed by atoms with Crippen LogP contribution in [0.2, 0.25) is 0 Å². The number of nitrogens with zero attached hydrogens (tertiary/aromatic N) is 3. The van der Waals surface area contributed by atoms with E-state index in [0.29, 0.717) is 5.95 Å². The maximum Gasteiger partial charge on any atom is 0.234 e. The molecule has 0 fully saturated rings. The average molecular weight is 504 g/mol. The van der Waals surface area contributed by atoms with Crippen LogP contribution in [0.4, 0.5) is 17.3 Å². The summed E-state index contributed by atoms with van der Waals surface area (Å²) in [7, 11) is 0. The highest BCUT2D eigenvalue weighted by atomic mass is 32.2. The van der Waals surface area contributed by atoms with E-state index < -0.39 is 0 Å². The quantitative estimate of drug-likeness (QED) is 0.220. The number of aromatic nitrogens is 2. The maximum atomic E-state index is 4.87. The van der Waals surface area contributed by atoms with Crippen LogP contribution in [0, 0.1) is 0 Å². The minimum atomic E-state index is 0.672. The Bertz CT molecular complexity index is 1930. The summed E-state index contributed by atoms with van der Waals surface area (Å²) in [5.41, 5.74) is 4.32. The fourth-order valence-corrected chi connectivity index (χ4v) is 6.65. The molecule has 38 heavy (non-hydrogen) atoms. The van der Waals surface area contributed by atoms with Crippen molar-refractivity contribution >= 4 is 61.4 Å². The van der Waals surface area contributed by atoms with E-state index in [1.807, 2.05) is 12.4 Å². The van der Waals surface area contributed by atoms with Crippen LogP contribution < -0.4 is 4.90 Å². The largest absolute Gasteiger partial charge is 0.277 e. The molecule has 1 aromatic heterocycles. The summed E-state index contributed by atoms with van der Waals surface area (Å²) >= 11 is 1.79. The minimum absolute atomic E-state index is 0.672. The first-order valence-corrected chi connectivity index (χ1v) is 13.5. The van der Waals surface area contributed by atoms with E-state index in [1.54, 1.807) is 11.8 Å². The number of para-hydroxylation sites is 2. The lowest BCUT2D eigenvalue weighted by molar-refractivity contribution is 1.04. The summed E-state index contributed by atoms with van der Waals surface area (Å²) in [4.78, 5) is 14.3. The summed E-state index contributed by atoms with van der Waals surface area (Å²) in [5.74, 6) is 0.672. The monoisotopic (exact) mass is 503 g/mol. The summed E-state index contributed by atoms with van der Waals surface area (Å²) in [6, 6.07) is 40.9. The lowest BCUT2D eigenvalue weighted by Gasteiger charge is -2.30. The second kappa shape index (κ2) is 8.44. The normalized spacial score (nSPS) is 12.6. The summed E-state index contributed by atoms with van der Waals surface area (Å²) in [5, 5.41) is 7.62. The van der Waals surface area contributed by atoms with Crippen LogP contribution in [0.3, 0.4) is 0 Å². The number of benzene rings is 6. The van der Waals surface area contributed by atoms with E-state index in [9.17, 15) is 0 Å². The van der Waals surface area contributed by atoms with E-state index in [2.05, 4.69) is 120 Å². The minimum Gasteiger partial charge on any atom is -0.277 e. The SMILES string of the molecule is c1ccc2c(c1)Sc1ccccc1N2c1ncc(-c2ccc3c4ccccc4c4ccccc4c3c2)cn1. The average Bonchev–Trinajstić information content (AvgIpc) is 3.00. The number of hydrogen-bond donors (Lipinski definition) is 0. The third kappa shape index (κ3) is 3.24. The van der Waals surface area contributed by atoms with Crippen molar-refractivity contribution in [2.45, 2.75) is 9.79 Å². The first-order chi connectivity index (χ1) is 18.8. The van der Waals surface area contributed by atoms with Gasteiger partial charge in [0.1, 0.15) is 0 Å². The van der Waals surface area contributed by atoms with Gasteiger partial charge in [-0.15, -0.1) is 0 Å². The molecule has 178 valence electrons. The van der Waals surface area contributed by atoms with Crippen LogP contribution in [0.5, 0.6) is 0 Å². The van der Waals surface area contributed by atoms with Crippen molar-refractivity contribution in [1.29, 1.82) is 0 Å². The molecule has 0 spiro atoms. The molecule has 0 unspecified atom stereocenters. The van der Waals surface area contributed by atoms with Gasteiger partial charge in [-0.2, -0.15) is 0 Å². The second-order valence-electron chi connectivity index (χ2n) is 9.50. The van der Waals surface area contributed by atoms with Gasteiger partial charge >= 0.3 is 0 Å². The molecule has 1 aliphatic heterocycles. The molecule has 6 aromatic carbocycles. The Kier molecular flexibility index (Phi) is 4.76. The van der Waals surface area contributed by atoms with Crippen LogP contribution in [0.1, 0.15) is 0 Å². The fraction of sp³-hybridized carbons (Fsp3) is 0. The maximum absolute atomic E-state index is 4.87. The molecule has 7 aromatic rings. The van der Waals surface area contributed by atoms with Crippen molar-refractivity contribution in [3.05, 3.63) is 128 Å². The smallest absolute Gasteiger partial charge is 0.234 e. The van der Waals surface area contributed by atoms with Crippen LogP contribution in [-0.2, 0) is 0 Å². The summed E-state index contributed by atoms with van der Waals surface area (Å²) in [6.07, 6.45) is 3.89. The van der Waals surface area contributed by atoms with Gasteiger partial charge in [0.05, 0.1) is 11.4 Å². The molecule has 2 heterocycles. The Balaban J connectivity index is 1.26. The van der Waals surface area contributed by atoms with Crippen LogP contribution >= 0.6 is 11.8 Å². The molecule has 0 bridgehead atoms. The van der Waals surface area contributed by atoms with Gasteiger partial charge < -0.3 is 0 Å². The second-order valence-corrected chi connectivity index (χ2v) is 10.6. The molecule has 0 aliphatic carbocycles. The van der Waals surface area contributed by atoms with Crippen molar-refractivity contribution in [1.82, 2.24) is 9.97 Å². The molecule has 0 atom stereocenters. The lowest BCUT2D eigenvalue weighted by atomic mass is 9.92. The Morgan fingerprint density at radius 2 is 0.921 bits per heavy atom. The van der Waals surface area contributed by atoms with Gasteiger partial charge in [-0.25, -0.2) is 9.97 Å². The predicted octanol–water partition coefficient (Wildman–Crippen LogP) is 9.54. The van der Waals surface area contributed by atoms with Crippen LogP contribution in [0.25, 0.3) is 43.4 Å². The highest BCUT2D eigenvalue weighted by Crippen LogP contribution is 2.50. The first-order valence-electron chi connectivity index (χ1n) is 12.7. The fourth-order valence-electron chi connectivity index (χ4n) is 5.59. The highest BCUT2D eigenvalue weighted by molar-refractivity contribution is 7.99. The summed E-state index contributed by atoms with van der Waals surface area (Å²) < 4.78 is 0. The van der Waals surface area contributed by atoms with Crippen molar-refractivity contribution < 1.29 is 0 Å². The molecule has 1 aliphatic rings. The standard InChI is InChI=1S/C34H21N3S/c1-2-11-26-24(9-1)25-10-3-4-12-27(25)29-19-22(17-18-28(26)29)23-20-35-34(36-21-23)37-30-13-5-7-15-32(30)38-33-16-8-6-14-31(33)37/h1-21H. The first kappa shape index (κ1) is 21.4. The highest BCUT2D eigenvalue weighted by Gasteiger charge is 2.25. The molecule has 4 heteroatoms. The molecule has 0 amide bonds. The van der Waals surface area contributed by atoms with Crippen LogP contribution in [0.15, 0.2) is 137 Å². The van der Waals surface area contributed by atoms with Gasteiger partial charge in [0.25, 0.3) is 0 Å². The van der Waals surface area contributed by atoms with E-state index in [0.717, 1.165) is 22.5 Å². The predicted molar refractivity (Wildman–Crippen MR) is 159 cm³/mol. The number of anilines is 3. The molecule has 0 N–H and O–H groups in total. The third-order valence-electron chi connectivity index (χ3n) is 7.35. The molecular formula is C34H21N3S. The zero-order chi connectivity index (χ0) is 25.1. The van der Waals surface area contributed by atoms with Crippen molar-refractivity contribution in [2.75, 3.05) is 4.90 Å².